The maximum atomic E-state index is 13.1. The van der Waals surface area contributed by atoms with Gasteiger partial charge in [-0.05, 0) is 129 Å². The van der Waals surface area contributed by atoms with Gasteiger partial charge in [-0.3, -0.25) is 4.79 Å². The van der Waals surface area contributed by atoms with Crippen LogP contribution in [0.3, 0.4) is 0 Å². The number of esters is 1. The second kappa shape index (κ2) is 14.8. The van der Waals surface area contributed by atoms with Gasteiger partial charge in [0.05, 0.1) is 5.56 Å². The fourth-order valence-corrected chi connectivity index (χ4v) is 5.68. The van der Waals surface area contributed by atoms with E-state index in [0.29, 0.717) is 28.4 Å². The zero-order valence-corrected chi connectivity index (χ0v) is 30.5. The highest BCUT2D eigenvalue weighted by Gasteiger charge is 2.30. The first kappa shape index (κ1) is 36.5. The molecule has 48 heavy (non-hydrogen) atoms. The van der Waals surface area contributed by atoms with Crippen LogP contribution in [0.15, 0.2) is 84.9 Å². The van der Waals surface area contributed by atoms with Crippen molar-refractivity contribution >= 4 is 11.8 Å². The van der Waals surface area contributed by atoms with Crippen molar-refractivity contribution in [3.63, 3.8) is 0 Å². The van der Waals surface area contributed by atoms with E-state index in [0.717, 1.165) is 48.1 Å². The highest BCUT2D eigenvalue weighted by molar-refractivity contribution is 6.00. The summed E-state index contributed by atoms with van der Waals surface area (Å²) in [6.07, 6.45) is 3.48. The molecule has 0 amide bonds. The Morgan fingerprint density at radius 3 is 1.48 bits per heavy atom. The minimum atomic E-state index is -0.438. The van der Waals surface area contributed by atoms with Crippen molar-refractivity contribution in [1.29, 1.82) is 0 Å². The van der Waals surface area contributed by atoms with Crippen molar-refractivity contribution < 1.29 is 23.8 Å². The van der Waals surface area contributed by atoms with Crippen LogP contribution in [0.5, 0.6) is 23.0 Å². The van der Waals surface area contributed by atoms with E-state index in [2.05, 4.69) is 65.8 Å². The number of carbonyl (C=O) groups is 2. The molecule has 4 aromatic rings. The Labute approximate surface area is 287 Å². The molecule has 0 aliphatic carbocycles. The average molecular weight is 649 g/mol. The third-order valence-corrected chi connectivity index (χ3v) is 10.4. The first-order valence-corrected chi connectivity index (χ1v) is 17.2. The second-order valence-corrected chi connectivity index (χ2v) is 14.0. The lowest BCUT2D eigenvalue weighted by molar-refractivity contribution is 0.0732. The van der Waals surface area contributed by atoms with Crippen LogP contribution < -0.4 is 14.2 Å². The number of ether oxygens (including phenoxy) is 3. The lowest BCUT2D eigenvalue weighted by Crippen LogP contribution is -2.30. The van der Waals surface area contributed by atoms with Crippen LogP contribution in [0.2, 0.25) is 0 Å². The van der Waals surface area contributed by atoms with Crippen molar-refractivity contribution in [2.24, 2.45) is 5.41 Å². The van der Waals surface area contributed by atoms with Gasteiger partial charge in [0.15, 0.2) is 5.78 Å². The van der Waals surface area contributed by atoms with Crippen molar-refractivity contribution in [2.45, 2.75) is 106 Å². The van der Waals surface area contributed by atoms with Gasteiger partial charge in [-0.2, -0.15) is 0 Å². The molecule has 0 saturated heterocycles. The molecule has 0 spiro atoms. The number of ketones is 1. The monoisotopic (exact) mass is 648 g/mol. The molecule has 5 nitrogen and oxygen atoms in total. The third-order valence-electron chi connectivity index (χ3n) is 10.4. The molecule has 5 heteroatoms. The van der Waals surface area contributed by atoms with Gasteiger partial charge >= 0.3 is 5.97 Å². The Kier molecular flexibility index (Phi) is 11.2. The highest BCUT2D eigenvalue weighted by Crippen LogP contribution is 2.37. The van der Waals surface area contributed by atoms with Crippen LogP contribution >= 0.6 is 0 Å². The number of Topliss-reactive ketones (excluding diaryl/α,β-unsaturated/α-hetero) is 1. The van der Waals surface area contributed by atoms with E-state index < -0.39 is 5.97 Å². The quantitative estimate of drug-likeness (QED) is 0.0773. The van der Waals surface area contributed by atoms with Crippen LogP contribution in [0.1, 0.15) is 124 Å². The molecule has 0 aromatic heterocycles. The van der Waals surface area contributed by atoms with Gasteiger partial charge in [-0.25, -0.2) is 4.79 Å². The number of rotatable bonds is 14. The second-order valence-electron chi connectivity index (χ2n) is 14.0. The molecule has 0 atom stereocenters. The number of hydrogen-bond donors (Lipinski definition) is 0. The molecule has 0 fully saturated rings. The maximum absolute atomic E-state index is 13.1. The number of benzene rings is 4. The smallest absolute Gasteiger partial charge is 0.343 e. The van der Waals surface area contributed by atoms with Crippen molar-refractivity contribution in [3.05, 3.63) is 118 Å². The van der Waals surface area contributed by atoms with Crippen LogP contribution in [0.25, 0.3) is 0 Å². The summed E-state index contributed by atoms with van der Waals surface area (Å²) in [6, 6.07) is 26.5. The van der Waals surface area contributed by atoms with Gasteiger partial charge in [0.2, 0.25) is 0 Å². The summed E-state index contributed by atoms with van der Waals surface area (Å²) >= 11 is 0. The summed E-state index contributed by atoms with van der Waals surface area (Å²) < 4.78 is 18.2. The highest BCUT2D eigenvalue weighted by atomic mass is 16.5. The van der Waals surface area contributed by atoms with Crippen molar-refractivity contribution in [3.8, 4) is 23.0 Å². The summed E-state index contributed by atoms with van der Waals surface area (Å²) in [6.45, 7) is 21.1. The Morgan fingerprint density at radius 1 is 0.583 bits per heavy atom. The molecular formula is C43H52O5. The van der Waals surface area contributed by atoms with E-state index in [1.54, 1.807) is 36.4 Å². The average Bonchev–Trinajstić information content (AvgIpc) is 3.09. The molecule has 4 aromatic carbocycles. The molecule has 4 rings (SSSR count). The molecule has 0 aliphatic heterocycles. The molecule has 0 unspecified atom stereocenters. The zero-order valence-electron chi connectivity index (χ0n) is 30.5. The molecule has 0 bridgehead atoms. The lowest BCUT2D eigenvalue weighted by Gasteiger charge is -2.31. The minimum Gasteiger partial charge on any atom is -0.487 e. The lowest BCUT2D eigenvalue weighted by atomic mass is 9.77. The van der Waals surface area contributed by atoms with Gasteiger partial charge in [-0.15, -0.1) is 0 Å². The molecule has 254 valence electrons. The Hall–Kier alpha value is -4.38. The Bertz CT molecular complexity index is 1720. The van der Waals surface area contributed by atoms with Crippen molar-refractivity contribution in [1.82, 2.24) is 0 Å². The van der Waals surface area contributed by atoms with Gasteiger partial charge in [0.1, 0.15) is 28.6 Å². The predicted octanol–water partition coefficient (Wildman–Crippen LogP) is 11.6. The van der Waals surface area contributed by atoms with Crippen LogP contribution in [-0.2, 0) is 5.41 Å². The van der Waals surface area contributed by atoms with Crippen LogP contribution in [0, 0.1) is 19.3 Å². The number of aryl methyl sites for hydroxylation is 2. The third kappa shape index (κ3) is 8.01. The fraction of sp³-hybridized carbons (Fsp3) is 0.395. The largest absolute Gasteiger partial charge is 0.487 e. The molecule has 0 N–H and O–H groups in total. The standard InChI is InChI=1S/C43H52O5/c1-11-42(9,12-2)39(44)31-15-21-35(22-16-31)46-36-23-17-32(18-24-36)40(45)47-37-25-19-33(27-29(37)5)41(7,8)34-20-26-38(30(6)28-34)48-43(10,13-3)14-4/h15-28H,11-14H2,1-10H3. The molecule has 0 saturated carbocycles. The van der Waals surface area contributed by atoms with E-state index in [9.17, 15) is 9.59 Å². The summed E-state index contributed by atoms with van der Waals surface area (Å²) in [5.41, 5.74) is 4.60. The fourth-order valence-electron chi connectivity index (χ4n) is 5.68. The number of carbonyl (C=O) groups excluding carboxylic acids is 2. The first-order valence-electron chi connectivity index (χ1n) is 17.2. The van der Waals surface area contributed by atoms with Gasteiger partial charge in [-0.1, -0.05) is 72.7 Å². The van der Waals surface area contributed by atoms with Crippen LogP contribution in [-0.4, -0.2) is 17.4 Å². The summed E-state index contributed by atoms with van der Waals surface area (Å²) in [5.74, 6) is 2.35. The van der Waals surface area contributed by atoms with E-state index in [4.69, 9.17) is 14.2 Å². The molecule has 0 radical (unpaired) electrons. The normalized spacial score (nSPS) is 12.0. The SMILES string of the molecule is CCC(C)(CC)Oc1ccc(C(C)(C)c2ccc(OC(=O)c3ccc(Oc4ccc(C(=O)C(C)(CC)CC)cc4)cc3)c(C)c2)cc1C. The zero-order chi connectivity index (χ0) is 35.3. The van der Waals surface area contributed by atoms with Gasteiger partial charge < -0.3 is 14.2 Å². The summed E-state index contributed by atoms with van der Waals surface area (Å²) in [5, 5.41) is 0. The van der Waals surface area contributed by atoms with E-state index in [1.807, 2.05) is 52.0 Å². The minimum absolute atomic E-state index is 0.146. The maximum Gasteiger partial charge on any atom is 0.343 e. The molecular weight excluding hydrogens is 596 g/mol. The summed E-state index contributed by atoms with van der Waals surface area (Å²) in [4.78, 5) is 26.0. The van der Waals surface area contributed by atoms with Crippen LogP contribution in [0.4, 0.5) is 0 Å². The Morgan fingerprint density at radius 2 is 1.04 bits per heavy atom. The van der Waals surface area contributed by atoms with Gasteiger partial charge in [0, 0.05) is 16.4 Å². The van der Waals surface area contributed by atoms with Gasteiger partial charge in [0.25, 0.3) is 0 Å². The van der Waals surface area contributed by atoms with Crippen molar-refractivity contribution in [2.75, 3.05) is 0 Å². The molecule has 0 aliphatic rings. The summed E-state index contributed by atoms with van der Waals surface area (Å²) in [7, 11) is 0. The van der Waals surface area contributed by atoms with E-state index in [1.165, 1.54) is 5.56 Å². The first-order chi connectivity index (χ1) is 22.7. The van der Waals surface area contributed by atoms with E-state index >= 15 is 0 Å². The van der Waals surface area contributed by atoms with E-state index in [-0.39, 0.29) is 22.2 Å². The number of hydrogen-bond acceptors (Lipinski definition) is 5. The topological polar surface area (TPSA) is 61.8 Å². The Balaban J connectivity index is 1.41. The molecule has 0 heterocycles. The predicted molar refractivity (Wildman–Crippen MR) is 195 cm³/mol.